The van der Waals surface area contributed by atoms with Crippen molar-refractivity contribution in [3.63, 3.8) is 0 Å². The van der Waals surface area contributed by atoms with Gasteiger partial charge >= 0.3 is 0 Å². The minimum absolute atomic E-state index is 0.478. The van der Waals surface area contributed by atoms with Gasteiger partial charge in [-0.2, -0.15) is 0 Å². The molecule has 0 radical (unpaired) electrons. The zero-order valence-corrected chi connectivity index (χ0v) is 14.0. The molecule has 0 bridgehead atoms. The van der Waals surface area contributed by atoms with Crippen LogP contribution >= 0.6 is 52.3 Å². The Balaban J connectivity index is 2.98. The highest BCUT2D eigenvalue weighted by Crippen LogP contribution is 2.47. The van der Waals surface area contributed by atoms with E-state index in [0.29, 0.717) is 22.4 Å². The van der Waals surface area contributed by atoms with Crippen molar-refractivity contribution in [2.75, 3.05) is 13.3 Å². The van der Waals surface area contributed by atoms with Gasteiger partial charge in [-0.25, -0.2) is 0 Å². The Morgan fingerprint density at radius 2 is 2.00 bits per heavy atom. The van der Waals surface area contributed by atoms with E-state index in [9.17, 15) is 0 Å². The molecule has 1 rings (SSSR count). The second kappa shape index (κ2) is 6.21. The second-order valence-electron chi connectivity index (χ2n) is 2.98. The first-order valence-electron chi connectivity index (χ1n) is 4.42. The predicted octanol–water partition coefficient (Wildman–Crippen LogP) is 4.95. The van der Waals surface area contributed by atoms with Crippen molar-refractivity contribution in [2.45, 2.75) is 6.92 Å². The predicted molar refractivity (Wildman–Crippen MR) is 81.6 cm³/mol. The highest BCUT2D eigenvalue weighted by molar-refractivity contribution is 14.1. The Labute approximate surface area is 124 Å². The van der Waals surface area contributed by atoms with Crippen molar-refractivity contribution in [3.05, 3.63) is 25.7 Å². The van der Waals surface area contributed by atoms with Crippen LogP contribution in [-0.4, -0.2) is 13.3 Å². The van der Waals surface area contributed by atoms with Crippen molar-refractivity contribution in [1.29, 1.82) is 0 Å². The largest absolute Gasteiger partial charge is 0.442 e. The Morgan fingerprint density at radius 1 is 1.38 bits per heavy atom. The van der Waals surface area contributed by atoms with Gasteiger partial charge in [-0.3, -0.25) is 0 Å². The highest BCUT2D eigenvalue weighted by atomic mass is 127. The molecule has 0 N–H and O–H groups in total. The van der Waals surface area contributed by atoms with E-state index in [4.69, 9.17) is 44.1 Å². The molecule has 0 aromatic heterocycles. The van der Waals surface area contributed by atoms with E-state index in [1.807, 2.05) is 6.92 Å². The van der Waals surface area contributed by atoms with E-state index in [1.165, 1.54) is 0 Å². The van der Waals surface area contributed by atoms with Crippen LogP contribution in [0.3, 0.4) is 0 Å². The molecule has 1 aromatic rings. The van der Waals surface area contributed by atoms with Gasteiger partial charge in [0.1, 0.15) is 5.75 Å². The normalized spacial score (nSPS) is 14.6. The van der Waals surface area contributed by atoms with E-state index in [-0.39, 0.29) is 0 Å². The first kappa shape index (κ1) is 15.0. The number of halogens is 3. The van der Waals surface area contributed by atoms with Crippen LogP contribution in [0.15, 0.2) is 12.1 Å². The highest BCUT2D eigenvalue weighted by Gasteiger charge is 2.15. The maximum Gasteiger partial charge on any atom is 0.235 e. The first-order chi connectivity index (χ1) is 7.35. The van der Waals surface area contributed by atoms with Crippen LogP contribution in [0.25, 0.3) is 0 Å². The molecular weight excluding hydrogens is 401 g/mol. The molecule has 90 valence electrons. The minimum atomic E-state index is -2.29. The van der Waals surface area contributed by atoms with Crippen molar-refractivity contribution >= 4 is 64.1 Å². The summed E-state index contributed by atoms with van der Waals surface area (Å²) in [5, 5.41) is 1.08. The van der Waals surface area contributed by atoms with E-state index in [2.05, 4.69) is 22.6 Å². The van der Waals surface area contributed by atoms with Crippen LogP contribution in [0.4, 0.5) is 0 Å². The second-order valence-corrected chi connectivity index (χ2v) is 8.93. The van der Waals surface area contributed by atoms with Crippen molar-refractivity contribution in [1.82, 2.24) is 0 Å². The van der Waals surface area contributed by atoms with Gasteiger partial charge in [-0.05, 0) is 47.4 Å². The molecule has 0 saturated heterocycles. The molecule has 0 heterocycles. The Kier molecular flexibility index (Phi) is 5.82. The Hall–Kier alpha value is 0.940. The molecule has 1 atom stereocenters. The molecule has 16 heavy (non-hydrogen) atoms. The summed E-state index contributed by atoms with van der Waals surface area (Å²) in [4.78, 5) is 0. The summed E-state index contributed by atoms with van der Waals surface area (Å²) in [6, 6.07) is 3.40. The lowest BCUT2D eigenvalue weighted by atomic mass is 10.3. The molecule has 2 nitrogen and oxygen atoms in total. The SMILES string of the molecule is CCOP(C)(=S)Oc1cc(Cl)c(I)cc1Cl. The fourth-order valence-electron chi connectivity index (χ4n) is 1.01. The fourth-order valence-corrected chi connectivity index (χ4v) is 3.66. The molecule has 0 aliphatic heterocycles. The summed E-state index contributed by atoms with van der Waals surface area (Å²) in [5.41, 5.74) is 0. The maximum absolute atomic E-state index is 6.04. The van der Waals surface area contributed by atoms with Gasteiger partial charge < -0.3 is 9.05 Å². The molecular formula is C9H10Cl2IO2PS. The number of hydrogen-bond acceptors (Lipinski definition) is 3. The minimum Gasteiger partial charge on any atom is -0.442 e. The van der Waals surface area contributed by atoms with E-state index in [0.717, 1.165) is 3.57 Å². The summed E-state index contributed by atoms with van der Waals surface area (Å²) in [6.07, 6.45) is 0. The van der Waals surface area contributed by atoms with Crippen molar-refractivity contribution in [2.24, 2.45) is 0 Å². The number of hydrogen-bond donors (Lipinski definition) is 0. The van der Waals surface area contributed by atoms with Crippen molar-refractivity contribution in [3.8, 4) is 5.75 Å². The lowest BCUT2D eigenvalue weighted by molar-refractivity contribution is 0.335. The summed E-state index contributed by atoms with van der Waals surface area (Å²) in [6.45, 7) is 1.86. The average molecular weight is 411 g/mol. The third-order valence-corrected chi connectivity index (χ3v) is 5.22. The molecule has 0 saturated carbocycles. The van der Waals surface area contributed by atoms with Gasteiger partial charge in [0.2, 0.25) is 6.49 Å². The lowest BCUT2D eigenvalue weighted by Crippen LogP contribution is -1.96. The smallest absolute Gasteiger partial charge is 0.235 e. The van der Waals surface area contributed by atoms with Crippen LogP contribution in [0.2, 0.25) is 10.0 Å². The third-order valence-electron chi connectivity index (χ3n) is 1.60. The molecule has 0 fully saturated rings. The van der Waals surface area contributed by atoms with Gasteiger partial charge in [0.05, 0.1) is 16.7 Å². The number of benzene rings is 1. The molecule has 0 aliphatic rings. The summed E-state index contributed by atoms with van der Waals surface area (Å²) >= 11 is 19.3. The average Bonchev–Trinajstić information content (AvgIpc) is 2.13. The van der Waals surface area contributed by atoms with E-state index >= 15 is 0 Å². The van der Waals surface area contributed by atoms with Crippen LogP contribution in [0.1, 0.15) is 6.92 Å². The van der Waals surface area contributed by atoms with E-state index < -0.39 is 6.49 Å². The molecule has 0 amide bonds. The standard InChI is InChI=1S/C9H10Cl2IO2PS/c1-3-13-15(2,16)14-9-5-6(10)8(12)4-7(9)11/h4-5H,3H2,1-2H3. The molecule has 0 spiro atoms. The number of rotatable bonds is 4. The summed E-state index contributed by atoms with van der Waals surface area (Å²) in [5.74, 6) is 0.478. The van der Waals surface area contributed by atoms with Crippen molar-refractivity contribution < 1.29 is 9.05 Å². The molecule has 0 aliphatic carbocycles. The zero-order valence-electron chi connectivity index (χ0n) is 8.67. The first-order valence-corrected chi connectivity index (χ1v) is 9.34. The Morgan fingerprint density at radius 3 is 2.56 bits per heavy atom. The quantitative estimate of drug-likeness (QED) is 0.397. The van der Waals surface area contributed by atoms with Gasteiger partial charge in [0, 0.05) is 16.3 Å². The topological polar surface area (TPSA) is 18.5 Å². The molecule has 1 aromatic carbocycles. The fraction of sp³-hybridized carbons (Fsp3) is 0.333. The summed E-state index contributed by atoms with van der Waals surface area (Å²) < 4.78 is 11.8. The third kappa shape index (κ3) is 4.31. The zero-order chi connectivity index (χ0) is 12.3. The van der Waals surface area contributed by atoms with Gasteiger partial charge in [0.25, 0.3) is 0 Å². The Bertz CT molecular complexity index is 442. The van der Waals surface area contributed by atoms with Crippen LogP contribution in [-0.2, 0) is 16.3 Å². The summed E-state index contributed by atoms with van der Waals surface area (Å²) in [7, 11) is 0. The van der Waals surface area contributed by atoms with Gasteiger partial charge in [-0.15, -0.1) is 0 Å². The molecule has 7 heteroatoms. The maximum atomic E-state index is 6.04. The van der Waals surface area contributed by atoms with Gasteiger partial charge in [-0.1, -0.05) is 23.2 Å². The monoisotopic (exact) mass is 410 g/mol. The van der Waals surface area contributed by atoms with E-state index in [1.54, 1.807) is 18.8 Å². The van der Waals surface area contributed by atoms with Crippen LogP contribution in [0, 0.1) is 3.57 Å². The molecule has 1 unspecified atom stereocenters. The van der Waals surface area contributed by atoms with Gasteiger partial charge in [0.15, 0.2) is 0 Å². The van der Waals surface area contributed by atoms with Crippen LogP contribution in [0.5, 0.6) is 5.75 Å². The lowest BCUT2D eigenvalue weighted by Gasteiger charge is -2.19. The van der Waals surface area contributed by atoms with Crippen LogP contribution < -0.4 is 4.52 Å².